The maximum atomic E-state index is 12.2. The van der Waals surface area contributed by atoms with Crippen molar-refractivity contribution >= 4 is 33.5 Å². The number of piperidine rings is 1. The SMILES string of the molecule is CC(=O)Nc1ccc(S(=O)(=O)NCC(=O)OCC(=O)N2CCC(C)CC2)cc1. The minimum absolute atomic E-state index is 0.0621. The Bertz CT molecular complexity index is 814. The highest BCUT2D eigenvalue weighted by molar-refractivity contribution is 7.89. The lowest BCUT2D eigenvalue weighted by molar-refractivity contribution is -0.151. The number of hydrogen-bond donors (Lipinski definition) is 2. The second-order valence-electron chi connectivity index (χ2n) is 6.75. The van der Waals surface area contributed by atoms with Gasteiger partial charge in [0.15, 0.2) is 6.61 Å². The van der Waals surface area contributed by atoms with E-state index < -0.39 is 29.1 Å². The number of hydrogen-bond acceptors (Lipinski definition) is 6. The average molecular weight is 411 g/mol. The van der Waals surface area contributed by atoms with Gasteiger partial charge in [-0.05, 0) is 43.0 Å². The number of sulfonamides is 1. The molecule has 1 saturated heterocycles. The lowest BCUT2D eigenvalue weighted by atomic mass is 9.99. The molecule has 1 aromatic rings. The van der Waals surface area contributed by atoms with Crippen LogP contribution in [0.1, 0.15) is 26.7 Å². The summed E-state index contributed by atoms with van der Waals surface area (Å²) in [4.78, 5) is 36.4. The van der Waals surface area contributed by atoms with Gasteiger partial charge >= 0.3 is 5.97 Å². The Balaban J connectivity index is 1.79. The second-order valence-corrected chi connectivity index (χ2v) is 8.52. The molecule has 10 heteroatoms. The van der Waals surface area contributed by atoms with Crippen LogP contribution in [0.15, 0.2) is 29.2 Å². The van der Waals surface area contributed by atoms with Gasteiger partial charge in [-0.3, -0.25) is 14.4 Å². The standard InChI is InChI=1S/C18H25N3O6S/c1-13-7-9-21(10-8-13)17(23)12-27-18(24)11-19-28(25,26)16-5-3-15(4-6-16)20-14(2)22/h3-6,13,19H,7-12H2,1-2H3,(H,20,22). The number of esters is 1. The molecule has 0 spiro atoms. The van der Waals surface area contributed by atoms with Gasteiger partial charge in [0.1, 0.15) is 6.54 Å². The third-order valence-electron chi connectivity index (χ3n) is 4.38. The van der Waals surface area contributed by atoms with Crippen LogP contribution in [0.3, 0.4) is 0 Å². The Morgan fingerprint density at radius 3 is 2.32 bits per heavy atom. The van der Waals surface area contributed by atoms with Crippen molar-refractivity contribution < 1.29 is 27.5 Å². The smallest absolute Gasteiger partial charge is 0.321 e. The molecule has 2 amide bonds. The van der Waals surface area contributed by atoms with Crippen LogP contribution in [0.25, 0.3) is 0 Å². The molecule has 1 aliphatic heterocycles. The van der Waals surface area contributed by atoms with Crippen molar-refractivity contribution in [3.05, 3.63) is 24.3 Å². The van der Waals surface area contributed by atoms with Crippen molar-refractivity contribution in [3.8, 4) is 0 Å². The van der Waals surface area contributed by atoms with Crippen molar-refractivity contribution in [2.75, 3.05) is 31.6 Å². The molecular formula is C18H25N3O6S. The highest BCUT2D eigenvalue weighted by Gasteiger charge is 2.22. The summed E-state index contributed by atoms with van der Waals surface area (Å²) >= 11 is 0. The molecule has 1 aliphatic rings. The Morgan fingerprint density at radius 2 is 1.75 bits per heavy atom. The lowest BCUT2D eigenvalue weighted by Gasteiger charge is -2.30. The maximum Gasteiger partial charge on any atom is 0.321 e. The summed E-state index contributed by atoms with van der Waals surface area (Å²) in [6.07, 6.45) is 1.83. The number of ether oxygens (including phenoxy) is 1. The summed E-state index contributed by atoms with van der Waals surface area (Å²) in [6.45, 7) is 3.76. The van der Waals surface area contributed by atoms with Crippen molar-refractivity contribution in [2.45, 2.75) is 31.6 Å². The van der Waals surface area contributed by atoms with Gasteiger partial charge in [-0.15, -0.1) is 0 Å². The third kappa shape index (κ3) is 6.61. The van der Waals surface area contributed by atoms with E-state index in [4.69, 9.17) is 4.74 Å². The van der Waals surface area contributed by atoms with E-state index in [2.05, 4.69) is 17.0 Å². The molecule has 0 bridgehead atoms. The zero-order valence-corrected chi connectivity index (χ0v) is 16.8. The number of carbonyl (C=O) groups is 3. The zero-order valence-electron chi connectivity index (χ0n) is 15.9. The predicted molar refractivity (Wildman–Crippen MR) is 102 cm³/mol. The molecule has 28 heavy (non-hydrogen) atoms. The van der Waals surface area contributed by atoms with Crippen LogP contribution in [-0.2, 0) is 29.1 Å². The van der Waals surface area contributed by atoms with E-state index in [-0.39, 0.29) is 16.7 Å². The van der Waals surface area contributed by atoms with Crippen LogP contribution in [0.4, 0.5) is 5.69 Å². The number of likely N-dealkylation sites (tertiary alicyclic amines) is 1. The summed E-state index contributed by atoms with van der Waals surface area (Å²) in [5, 5.41) is 2.53. The van der Waals surface area contributed by atoms with E-state index in [1.165, 1.54) is 31.2 Å². The molecule has 2 N–H and O–H groups in total. The van der Waals surface area contributed by atoms with E-state index in [9.17, 15) is 22.8 Å². The summed E-state index contributed by atoms with van der Waals surface area (Å²) in [5.41, 5.74) is 0.455. The topological polar surface area (TPSA) is 122 Å². The van der Waals surface area contributed by atoms with E-state index in [0.29, 0.717) is 24.7 Å². The first-order valence-electron chi connectivity index (χ1n) is 8.98. The van der Waals surface area contributed by atoms with E-state index in [1.54, 1.807) is 4.90 Å². The van der Waals surface area contributed by atoms with Crippen molar-refractivity contribution in [2.24, 2.45) is 5.92 Å². The summed E-state index contributed by atoms with van der Waals surface area (Å²) < 4.78 is 31.4. The molecule has 1 aromatic carbocycles. The Kier molecular flexibility index (Phi) is 7.53. The largest absolute Gasteiger partial charge is 0.455 e. The summed E-state index contributed by atoms with van der Waals surface area (Å²) in [6, 6.07) is 5.48. The van der Waals surface area contributed by atoms with Crippen molar-refractivity contribution in [3.63, 3.8) is 0 Å². The minimum atomic E-state index is -3.92. The fourth-order valence-electron chi connectivity index (χ4n) is 2.70. The molecule has 0 saturated carbocycles. The molecular weight excluding hydrogens is 386 g/mol. The van der Waals surface area contributed by atoms with E-state index in [0.717, 1.165) is 12.8 Å². The van der Waals surface area contributed by atoms with Gasteiger partial charge in [-0.25, -0.2) is 8.42 Å². The summed E-state index contributed by atoms with van der Waals surface area (Å²) in [7, 11) is -3.92. The number of anilines is 1. The molecule has 0 aromatic heterocycles. The van der Waals surface area contributed by atoms with Crippen molar-refractivity contribution in [1.29, 1.82) is 0 Å². The average Bonchev–Trinajstić information content (AvgIpc) is 2.65. The number of amides is 2. The Hall–Kier alpha value is -2.46. The van der Waals surface area contributed by atoms with Crippen molar-refractivity contribution in [1.82, 2.24) is 9.62 Å². The first-order valence-corrected chi connectivity index (χ1v) is 10.5. The Morgan fingerprint density at radius 1 is 1.14 bits per heavy atom. The number of rotatable bonds is 7. The highest BCUT2D eigenvalue weighted by Crippen LogP contribution is 2.16. The normalized spacial score (nSPS) is 15.1. The number of carbonyl (C=O) groups excluding carboxylic acids is 3. The van der Waals surface area contributed by atoms with Crippen LogP contribution in [0.5, 0.6) is 0 Å². The van der Waals surface area contributed by atoms with Gasteiger partial charge in [0, 0.05) is 25.7 Å². The molecule has 0 unspecified atom stereocenters. The van der Waals surface area contributed by atoms with Gasteiger partial charge in [0.05, 0.1) is 4.90 Å². The number of nitrogens with zero attached hydrogens (tertiary/aromatic N) is 1. The zero-order chi connectivity index (χ0) is 20.7. The fourth-order valence-corrected chi connectivity index (χ4v) is 3.67. The van der Waals surface area contributed by atoms with Crippen LogP contribution in [-0.4, -0.2) is 57.3 Å². The van der Waals surface area contributed by atoms with Crippen LogP contribution in [0.2, 0.25) is 0 Å². The molecule has 0 radical (unpaired) electrons. The van der Waals surface area contributed by atoms with Crippen LogP contribution >= 0.6 is 0 Å². The maximum absolute atomic E-state index is 12.2. The van der Waals surface area contributed by atoms with Gasteiger partial charge in [-0.1, -0.05) is 6.92 Å². The van der Waals surface area contributed by atoms with Gasteiger partial charge in [-0.2, -0.15) is 4.72 Å². The van der Waals surface area contributed by atoms with E-state index >= 15 is 0 Å². The van der Waals surface area contributed by atoms with Crippen LogP contribution < -0.4 is 10.0 Å². The van der Waals surface area contributed by atoms with Gasteiger partial charge in [0.2, 0.25) is 15.9 Å². The first-order chi connectivity index (χ1) is 13.2. The molecule has 1 fully saturated rings. The minimum Gasteiger partial charge on any atom is -0.455 e. The van der Waals surface area contributed by atoms with Crippen LogP contribution in [0, 0.1) is 5.92 Å². The third-order valence-corrected chi connectivity index (χ3v) is 5.80. The van der Waals surface area contributed by atoms with E-state index in [1.807, 2.05) is 0 Å². The molecule has 1 heterocycles. The number of nitrogens with one attached hydrogen (secondary N) is 2. The van der Waals surface area contributed by atoms with Gasteiger partial charge < -0.3 is 15.0 Å². The predicted octanol–water partition coefficient (Wildman–Crippen LogP) is 0.725. The molecule has 2 rings (SSSR count). The van der Waals surface area contributed by atoms with Gasteiger partial charge in [0.25, 0.3) is 5.91 Å². The Labute approximate surface area is 164 Å². The molecule has 0 atom stereocenters. The lowest BCUT2D eigenvalue weighted by Crippen LogP contribution is -2.41. The fraction of sp³-hybridized carbons (Fsp3) is 0.500. The number of benzene rings is 1. The second kappa shape index (κ2) is 9.65. The highest BCUT2D eigenvalue weighted by atomic mass is 32.2. The summed E-state index contributed by atoms with van der Waals surface area (Å²) in [5.74, 6) is -0.813. The quantitative estimate of drug-likeness (QED) is 0.638. The first kappa shape index (κ1) is 21.8. The molecule has 154 valence electrons. The monoisotopic (exact) mass is 411 g/mol. The molecule has 0 aliphatic carbocycles. The molecule has 9 nitrogen and oxygen atoms in total.